The van der Waals surface area contributed by atoms with E-state index in [0.29, 0.717) is 24.0 Å². The Kier molecular flexibility index (Phi) is 6.52. The van der Waals surface area contributed by atoms with E-state index in [1.807, 2.05) is 23.6 Å². The van der Waals surface area contributed by atoms with Crippen LogP contribution in [0, 0.1) is 5.92 Å². The predicted molar refractivity (Wildman–Crippen MR) is 105 cm³/mol. The Labute approximate surface area is 162 Å². The van der Waals surface area contributed by atoms with E-state index in [0.717, 1.165) is 64.0 Å². The lowest BCUT2D eigenvalue weighted by Crippen LogP contribution is -2.40. The Hall–Kier alpha value is -1.89. The van der Waals surface area contributed by atoms with Crippen LogP contribution in [0.25, 0.3) is 0 Å². The molecule has 2 aliphatic rings. The summed E-state index contributed by atoms with van der Waals surface area (Å²) in [5.74, 6) is 0.817. The van der Waals surface area contributed by atoms with Gasteiger partial charge in [-0.1, -0.05) is 6.92 Å². The number of amides is 2. The number of carbonyl (C=O) groups is 2. The lowest BCUT2D eigenvalue weighted by molar-refractivity contribution is 0.0664. The molecule has 150 valence electrons. The van der Waals surface area contributed by atoms with Gasteiger partial charge in [-0.25, -0.2) is 4.98 Å². The highest BCUT2D eigenvalue weighted by atomic mass is 16.2. The van der Waals surface area contributed by atoms with Crippen molar-refractivity contribution in [3.05, 3.63) is 17.2 Å². The molecule has 0 radical (unpaired) electrons. The second-order valence-corrected chi connectivity index (χ2v) is 8.25. The number of likely N-dealkylation sites (tertiary alicyclic amines) is 1. The average Bonchev–Trinajstić information content (AvgIpc) is 3.04. The molecule has 2 aliphatic heterocycles. The van der Waals surface area contributed by atoms with Crippen LogP contribution in [-0.2, 0) is 13.0 Å². The SMILES string of the molecule is CC1CCCN(C(=O)c2nc(C(=O)NCCCN(C)C)c3n2CCCC3)C1. The molecule has 0 aliphatic carbocycles. The van der Waals surface area contributed by atoms with Gasteiger partial charge in [0.25, 0.3) is 11.8 Å². The van der Waals surface area contributed by atoms with E-state index in [-0.39, 0.29) is 11.8 Å². The smallest absolute Gasteiger partial charge is 0.289 e. The van der Waals surface area contributed by atoms with Crippen molar-refractivity contribution in [2.75, 3.05) is 40.3 Å². The summed E-state index contributed by atoms with van der Waals surface area (Å²) >= 11 is 0. The number of carbonyl (C=O) groups excluding carboxylic acids is 2. The Morgan fingerprint density at radius 2 is 2.04 bits per heavy atom. The molecule has 1 N–H and O–H groups in total. The number of hydrogen-bond donors (Lipinski definition) is 1. The molecular weight excluding hydrogens is 342 g/mol. The summed E-state index contributed by atoms with van der Waals surface area (Å²) in [5, 5.41) is 2.98. The van der Waals surface area contributed by atoms with Crippen LogP contribution in [-0.4, -0.2) is 71.4 Å². The van der Waals surface area contributed by atoms with Crippen molar-refractivity contribution in [3.63, 3.8) is 0 Å². The number of hydrogen-bond acceptors (Lipinski definition) is 4. The summed E-state index contributed by atoms with van der Waals surface area (Å²) in [7, 11) is 4.04. The van der Waals surface area contributed by atoms with E-state index >= 15 is 0 Å². The van der Waals surface area contributed by atoms with Crippen molar-refractivity contribution in [1.29, 1.82) is 0 Å². The third kappa shape index (κ3) is 4.69. The molecule has 1 aromatic rings. The fourth-order valence-corrected chi connectivity index (χ4v) is 4.08. The standard InChI is InChI=1S/C20H33N5O2/c1-15-8-6-12-24(14-15)20(27)18-22-17(16-9-4-5-13-25(16)18)19(26)21-10-7-11-23(2)3/h15H,4-14H2,1-3H3,(H,21,26). The van der Waals surface area contributed by atoms with E-state index < -0.39 is 0 Å². The van der Waals surface area contributed by atoms with Gasteiger partial charge in [0.05, 0.1) is 5.69 Å². The number of fused-ring (bicyclic) bond motifs is 1. The first kappa shape index (κ1) is 19.9. The lowest BCUT2D eigenvalue weighted by atomic mass is 10.0. The Morgan fingerprint density at radius 1 is 1.22 bits per heavy atom. The van der Waals surface area contributed by atoms with Gasteiger partial charge in [-0.15, -0.1) is 0 Å². The first-order valence-corrected chi connectivity index (χ1v) is 10.3. The third-order valence-corrected chi connectivity index (χ3v) is 5.54. The summed E-state index contributed by atoms with van der Waals surface area (Å²) in [6, 6.07) is 0. The maximum absolute atomic E-state index is 13.1. The summed E-state index contributed by atoms with van der Waals surface area (Å²) < 4.78 is 2.00. The monoisotopic (exact) mass is 375 g/mol. The minimum Gasteiger partial charge on any atom is -0.351 e. The first-order valence-electron chi connectivity index (χ1n) is 10.3. The largest absolute Gasteiger partial charge is 0.351 e. The van der Waals surface area contributed by atoms with Crippen LogP contribution in [0.15, 0.2) is 0 Å². The highest BCUT2D eigenvalue weighted by molar-refractivity contribution is 5.97. The van der Waals surface area contributed by atoms with Crippen LogP contribution >= 0.6 is 0 Å². The summed E-state index contributed by atoms with van der Waals surface area (Å²) in [5.41, 5.74) is 1.38. The minimum absolute atomic E-state index is 0.0173. The van der Waals surface area contributed by atoms with E-state index in [2.05, 4.69) is 22.1 Å². The summed E-state index contributed by atoms with van der Waals surface area (Å²) in [6.45, 7) is 6.09. The molecule has 1 unspecified atom stereocenters. The molecule has 3 rings (SSSR count). The summed E-state index contributed by atoms with van der Waals surface area (Å²) in [4.78, 5) is 34.4. The van der Waals surface area contributed by atoms with Crippen LogP contribution in [0.2, 0.25) is 0 Å². The Balaban J connectivity index is 1.75. The van der Waals surface area contributed by atoms with E-state index in [1.165, 1.54) is 6.42 Å². The van der Waals surface area contributed by atoms with Crippen LogP contribution < -0.4 is 5.32 Å². The molecule has 2 amide bonds. The van der Waals surface area contributed by atoms with Gasteiger partial charge in [0, 0.05) is 26.2 Å². The molecule has 0 spiro atoms. The number of rotatable bonds is 6. The van der Waals surface area contributed by atoms with Gasteiger partial charge in [0.2, 0.25) is 0 Å². The van der Waals surface area contributed by atoms with E-state index in [9.17, 15) is 9.59 Å². The minimum atomic E-state index is -0.148. The van der Waals surface area contributed by atoms with Crippen LogP contribution in [0.1, 0.15) is 65.8 Å². The van der Waals surface area contributed by atoms with E-state index in [1.54, 1.807) is 0 Å². The molecule has 1 fully saturated rings. The van der Waals surface area contributed by atoms with Gasteiger partial charge < -0.3 is 19.7 Å². The Bertz CT molecular complexity index is 682. The number of piperidine rings is 1. The molecule has 0 aromatic carbocycles. The Morgan fingerprint density at radius 3 is 2.78 bits per heavy atom. The molecule has 1 atom stereocenters. The number of imidazole rings is 1. The molecule has 7 nitrogen and oxygen atoms in total. The fraction of sp³-hybridized carbons (Fsp3) is 0.750. The highest BCUT2D eigenvalue weighted by Crippen LogP contribution is 2.24. The van der Waals surface area contributed by atoms with Gasteiger partial charge in [-0.05, 0) is 65.1 Å². The lowest BCUT2D eigenvalue weighted by Gasteiger charge is -2.31. The maximum Gasteiger partial charge on any atom is 0.289 e. The molecule has 0 bridgehead atoms. The average molecular weight is 376 g/mol. The van der Waals surface area contributed by atoms with Gasteiger partial charge in [-0.2, -0.15) is 0 Å². The molecule has 1 saturated heterocycles. The molecule has 1 aromatic heterocycles. The van der Waals surface area contributed by atoms with Crippen LogP contribution in [0.4, 0.5) is 0 Å². The van der Waals surface area contributed by atoms with Crippen molar-refractivity contribution in [3.8, 4) is 0 Å². The normalized spacial score (nSPS) is 19.9. The van der Waals surface area contributed by atoms with Gasteiger partial charge in [0.15, 0.2) is 5.82 Å². The zero-order chi connectivity index (χ0) is 19.4. The molecule has 0 saturated carbocycles. The van der Waals surface area contributed by atoms with Crippen molar-refractivity contribution < 1.29 is 9.59 Å². The second kappa shape index (κ2) is 8.87. The number of nitrogens with one attached hydrogen (secondary N) is 1. The van der Waals surface area contributed by atoms with Gasteiger partial charge in [-0.3, -0.25) is 9.59 Å². The fourth-order valence-electron chi connectivity index (χ4n) is 4.08. The molecule has 7 heteroatoms. The highest BCUT2D eigenvalue weighted by Gasteiger charge is 2.31. The van der Waals surface area contributed by atoms with Crippen LogP contribution in [0.5, 0.6) is 0 Å². The van der Waals surface area contributed by atoms with E-state index in [4.69, 9.17) is 0 Å². The number of nitrogens with zero attached hydrogens (tertiary/aromatic N) is 4. The zero-order valence-electron chi connectivity index (χ0n) is 17.0. The zero-order valence-corrected chi connectivity index (χ0v) is 17.0. The molecular formula is C20H33N5O2. The summed E-state index contributed by atoms with van der Waals surface area (Å²) in [6.07, 6.45) is 6.00. The molecule has 27 heavy (non-hydrogen) atoms. The maximum atomic E-state index is 13.1. The number of aromatic nitrogens is 2. The quantitative estimate of drug-likeness (QED) is 0.770. The van der Waals surface area contributed by atoms with Crippen molar-refractivity contribution in [2.45, 2.75) is 52.0 Å². The van der Waals surface area contributed by atoms with Crippen LogP contribution in [0.3, 0.4) is 0 Å². The van der Waals surface area contributed by atoms with Crippen molar-refractivity contribution in [2.24, 2.45) is 5.92 Å². The molecule has 3 heterocycles. The third-order valence-electron chi connectivity index (χ3n) is 5.54. The van der Waals surface area contributed by atoms with Crippen molar-refractivity contribution in [1.82, 2.24) is 24.7 Å². The first-order chi connectivity index (χ1) is 13.0. The van der Waals surface area contributed by atoms with Gasteiger partial charge >= 0.3 is 0 Å². The van der Waals surface area contributed by atoms with Crippen molar-refractivity contribution >= 4 is 11.8 Å². The predicted octanol–water partition coefficient (Wildman–Crippen LogP) is 1.77. The van der Waals surface area contributed by atoms with Gasteiger partial charge in [0.1, 0.15) is 5.69 Å². The topological polar surface area (TPSA) is 70.5 Å². The second-order valence-electron chi connectivity index (χ2n) is 8.25.